The number of nitrogens with zero attached hydrogens (tertiary/aromatic N) is 1. The van der Waals surface area contributed by atoms with Crippen molar-refractivity contribution in [3.05, 3.63) is 42.0 Å². The van der Waals surface area contributed by atoms with Gasteiger partial charge in [0.2, 0.25) is 0 Å². The predicted molar refractivity (Wildman–Crippen MR) is 72.9 cm³/mol. The maximum absolute atomic E-state index is 5.81. The second-order valence-electron chi connectivity index (χ2n) is 4.21. The summed E-state index contributed by atoms with van der Waals surface area (Å²) >= 11 is 0. The molecule has 0 aliphatic rings. The normalized spacial score (nSPS) is 10.8. The molecular weight excluding hydrogens is 212 g/mol. The van der Waals surface area contributed by atoms with Gasteiger partial charge in [-0.3, -0.25) is 4.90 Å². The Hall–Kier alpha value is -1.32. The van der Waals surface area contributed by atoms with E-state index < -0.39 is 0 Å². The van der Waals surface area contributed by atoms with Gasteiger partial charge in [-0.05, 0) is 24.1 Å². The van der Waals surface area contributed by atoms with Gasteiger partial charge < -0.3 is 10.5 Å². The van der Waals surface area contributed by atoms with Crippen molar-refractivity contribution in [2.24, 2.45) is 0 Å². The molecule has 1 aromatic carbocycles. The van der Waals surface area contributed by atoms with Crippen LogP contribution in [0.4, 0.5) is 5.69 Å². The monoisotopic (exact) mass is 234 g/mol. The van der Waals surface area contributed by atoms with E-state index in [9.17, 15) is 0 Å². The number of anilines is 1. The fraction of sp³-hybridized carbons (Fsp3) is 0.429. The van der Waals surface area contributed by atoms with Crippen LogP contribution in [-0.2, 0) is 11.3 Å². The van der Waals surface area contributed by atoms with Crippen LogP contribution in [0.15, 0.2) is 30.9 Å². The third-order valence-corrected chi connectivity index (χ3v) is 2.74. The fourth-order valence-electron chi connectivity index (χ4n) is 1.73. The molecule has 0 saturated carbocycles. The number of hydrogen-bond donors (Lipinski definition) is 1. The molecule has 94 valence electrons. The third-order valence-electron chi connectivity index (χ3n) is 2.74. The lowest BCUT2D eigenvalue weighted by Gasteiger charge is -2.20. The second kappa shape index (κ2) is 7.09. The molecule has 2 N–H and O–H groups in total. The lowest BCUT2D eigenvalue weighted by Crippen LogP contribution is -2.27. The van der Waals surface area contributed by atoms with Crippen LogP contribution in [0.2, 0.25) is 0 Å². The summed E-state index contributed by atoms with van der Waals surface area (Å²) in [5.74, 6) is 0. The van der Waals surface area contributed by atoms with Crippen LogP contribution in [0.25, 0.3) is 0 Å². The number of methoxy groups -OCH3 is 1. The van der Waals surface area contributed by atoms with Gasteiger partial charge in [-0.1, -0.05) is 18.2 Å². The highest BCUT2D eigenvalue weighted by Crippen LogP contribution is 2.14. The highest BCUT2D eigenvalue weighted by molar-refractivity contribution is 5.47. The van der Waals surface area contributed by atoms with Gasteiger partial charge in [0, 0.05) is 32.4 Å². The van der Waals surface area contributed by atoms with Gasteiger partial charge in [0.15, 0.2) is 0 Å². The lowest BCUT2D eigenvalue weighted by atomic mass is 10.1. The molecule has 1 aromatic rings. The van der Waals surface area contributed by atoms with E-state index in [-0.39, 0.29) is 0 Å². The Balaban J connectivity index is 2.64. The number of aryl methyl sites for hydroxylation is 1. The van der Waals surface area contributed by atoms with Gasteiger partial charge in [-0.25, -0.2) is 0 Å². The molecule has 1 rings (SSSR count). The van der Waals surface area contributed by atoms with Crippen LogP contribution in [0.5, 0.6) is 0 Å². The highest BCUT2D eigenvalue weighted by atomic mass is 16.5. The van der Waals surface area contributed by atoms with Crippen molar-refractivity contribution >= 4 is 5.69 Å². The number of ether oxygens (including phenoxy) is 1. The second-order valence-corrected chi connectivity index (χ2v) is 4.21. The first-order valence-electron chi connectivity index (χ1n) is 5.84. The fourth-order valence-corrected chi connectivity index (χ4v) is 1.73. The van der Waals surface area contributed by atoms with Gasteiger partial charge in [0.05, 0.1) is 6.61 Å². The summed E-state index contributed by atoms with van der Waals surface area (Å²) in [6.45, 7) is 9.23. The van der Waals surface area contributed by atoms with Crippen molar-refractivity contribution in [1.82, 2.24) is 4.90 Å². The van der Waals surface area contributed by atoms with Gasteiger partial charge >= 0.3 is 0 Å². The average Bonchev–Trinajstić information content (AvgIpc) is 2.31. The number of hydrogen-bond acceptors (Lipinski definition) is 3. The van der Waals surface area contributed by atoms with Crippen LogP contribution in [0, 0.1) is 6.92 Å². The first-order valence-corrected chi connectivity index (χ1v) is 5.84. The largest absolute Gasteiger partial charge is 0.399 e. The molecule has 0 atom stereocenters. The van der Waals surface area contributed by atoms with Gasteiger partial charge in [-0.2, -0.15) is 0 Å². The SMILES string of the molecule is C=CCN(CCOC)Cc1ccc(N)c(C)c1. The molecule has 0 aromatic heterocycles. The Labute approximate surface area is 104 Å². The highest BCUT2D eigenvalue weighted by Gasteiger charge is 2.05. The molecule has 0 bridgehead atoms. The molecule has 17 heavy (non-hydrogen) atoms. The van der Waals surface area contributed by atoms with Crippen LogP contribution in [-0.4, -0.2) is 31.7 Å². The molecule has 3 nitrogen and oxygen atoms in total. The van der Waals surface area contributed by atoms with E-state index in [2.05, 4.69) is 23.6 Å². The van der Waals surface area contributed by atoms with Gasteiger partial charge in [0.1, 0.15) is 0 Å². The summed E-state index contributed by atoms with van der Waals surface area (Å²) in [5.41, 5.74) is 9.06. The van der Waals surface area contributed by atoms with Crippen molar-refractivity contribution < 1.29 is 4.74 Å². The van der Waals surface area contributed by atoms with Crippen LogP contribution in [0.3, 0.4) is 0 Å². The minimum absolute atomic E-state index is 0.738. The van der Waals surface area contributed by atoms with E-state index in [0.717, 1.165) is 37.5 Å². The van der Waals surface area contributed by atoms with E-state index in [1.807, 2.05) is 19.1 Å². The molecule has 0 heterocycles. The summed E-state index contributed by atoms with van der Waals surface area (Å²) in [6, 6.07) is 6.18. The molecule has 0 fully saturated rings. The number of nitrogen functional groups attached to an aromatic ring is 1. The molecule has 0 unspecified atom stereocenters. The Morgan fingerprint density at radius 2 is 2.24 bits per heavy atom. The van der Waals surface area contributed by atoms with Crippen LogP contribution >= 0.6 is 0 Å². The quantitative estimate of drug-likeness (QED) is 0.580. The standard InChI is InChI=1S/C14H22N2O/c1-4-7-16(8-9-17-3)11-13-5-6-14(15)12(2)10-13/h4-6,10H,1,7-9,11,15H2,2-3H3. The van der Waals surface area contributed by atoms with Gasteiger partial charge in [0.25, 0.3) is 0 Å². The number of benzene rings is 1. The summed E-state index contributed by atoms with van der Waals surface area (Å²) in [7, 11) is 1.72. The molecule has 0 radical (unpaired) electrons. The molecule has 0 aliphatic heterocycles. The van der Waals surface area contributed by atoms with E-state index in [4.69, 9.17) is 10.5 Å². The Kier molecular flexibility index (Phi) is 5.73. The van der Waals surface area contributed by atoms with E-state index in [1.54, 1.807) is 7.11 Å². The minimum atomic E-state index is 0.738. The average molecular weight is 234 g/mol. The zero-order valence-electron chi connectivity index (χ0n) is 10.8. The number of rotatable bonds is 7. The lowest BCUT2D eigenvalue weighted by molar-refractivity contribution is 0.151. The smallest absolute Gasteiger partial charge is 0.0589 e. The Morgan fingerprint density at radius 3 is 2.82 bits per heavy atom. The minimum Gasteiger partial charge on any atom is -0.399 e. The zero-order chi connectivity index (χ0) is 12.7. The Morgan fingerprint density at radius 1 is 1.47 bits per heavy atom. The molecule has 0 spiro atoms. The van der Waals surface area contributed by atoms with Crippen molar-refractivity contribution in [2.75, 3.05) is 32.5 Å². The van der Waals surface area contributed by atoms with E-state index in [0.29, 0.717) is 0 Å². The maximum Gasteiger partial charge on any atom is 0.0589 e. The van der Waals surface area contributed by atoms with E-state index in [1.165, 1.54) is 5.56 Å². The molecule has 3 heteroatoms. The van der Waals surface area contributed by atoms with E-state index >= 15 is 0 Å². The van der Waals surface area contributed by atoms with Crippen molar-refractivity contribution in [1.29, 1.82) is 0 Å². The summed E-state index contributed by atoms with van der Waals surface area (Å²) < 4.78 is 5.10. The first kappa shape index (κ1) is 13.7. The maximum atomic E-state index is 5.81. The van der Waals surface area contributed by atoms with Crippen molar-refractivity contribution in [3.63, 3.8) is 0 Å². The first-order chi connectivity index (χ1) is 8.17. The van der Waals surface area contributed by atoms with Crippen LogP contribution < -0.4 is 5.73 Å². The predicted octanol–water partition coefficient (Wildman–Crippen LogP) is 2.21. The van der Waals surface area contributed by atoms with Gasteiger partial charge in [-0.15, -0.1) is 6.58 Å². The number of nitrogens with two attached hydrogens (primary N) is 1. The Bertz CT molecular complexity index is 363. The summed E-state index contributed by atoms with van der Waals surface area (Å²) in [6.07, 6.45) is 1.92. The topological polar surface area (TPSA) is 38.5 Å². The molecule has 0 amide bonds. The molecular formula is C14H22N2O. The van der Waals surface area contributed by atoms with Crippen LogP contribution in [0.1, 0.15) is 11.1 Å². The van der Waals surface area contributed by atoms with Crippen molar-refractivity contribution in [3.8, 4) is 0 Å². The summed E-state index contributed by atoms with van der Waals surface area (Å²) in [4.78, 5) is 2.29. The zero-order valence-corrected chi connectivity index (χ0v) is 10.8. The molecule has 0 aliphatic carbocycles. The molecule has 0 saturated heterocycles. The third kappa shape index (κ3) is 4.59. The summed E-state index contributed by atoms with van der Waals surface area (Å²) in [5, 5.41) is 0. The van der Waals surface area contributed by atoms with Crippen molar-refractivity contribution in [2.45, 2.75) is 13.5 Å².